The van der Waals surface area contributed by atoms with Crippen LogP contribution >= 0.6 is 0 Å². The predicted octanol–water partition coefficient (Wildman–Crippen LogP) is 0.484. The molecule has 1 aromatic rings. The summed E-state index contributed by atoms with van der Waals surface area (Å²) in [5, 5.41) is 6.58. The van der Waals surface area contributed by atoms with Gasteiger partial charge >= 0.3 is 0 Å². The average Bonchev–Trinajstić information content (AvgIpc) is 2.59. The van der Waals surface area contributed by atoms with Crippen molar-refractivity contribution in [1.29, 1.82) is 0 Å². The summed E-state index contributed by atoms with van der Waals surface area (Å²) in [7, 11) is -3.50. The van der Waals surface area contributed by atoms with Crippen LogP contribution < -0.4 is 4.72 Å². The summed E-state index contributed by atoms with van der Waals surface area (Å²) in [6.07, 6.45) is 1.70. The zero-order chi connectivity index (χ0) is 12.5. The second kappa shape index (κ2) is 4.75. The minimum atomic E-state index is -3.50. The van der Waals surface area contributed by atoms with E-state index in [1.807, 2.05) is 0 Å². The molecular formula is C10H17N3O3S. The largest absolute Gasteiger partial charge is 0.380 e. The first kappa shape index (κ1) is 12.5. The Morgan fingerprint density at radius 2 is 2.24 bits per heavy atom. The smallest absolute Gasteiger partial charge is 0.244 e. The Morgan fingerprint density at radius 3 is 2.76 bits per heavy atom. The number of H-pyrrole nitrogens is 1. The van der Waals surface area contributed by atoms with Crippen LogP contribution in [-0.4, -0.2) is 37.9 Å². The van der Waals surface area contributed by atoms with Crippen LogP contribution in [-0.2, 0) is 14.8 Å². The highest BCUT2D eigenvalue weighted by molar-refractivity contribution is 7.89. The van der Waals surface area contributed by atoms with Crippen LogP contribution in [0.1, 0.15) is 24.2 Å². The van der Waals surface area contributed by atoms with E-state index in [4.69, 9.17) is 4.74 Å². The van der Waals surface area contributed by atoms with Crippen LogP contribution in [0.2, 0.25) is 0 Å². The summed E-state index contributed by atoms with van der Waals surface area (Å²) in [5.41, 5.74) is 1.05. The van der Waals surface area contributed by atoms with Gasteiger partial charge in [0.1, 0.15) is 4.90 Å². The fourth-order valence-corrected chi connectivity index (χ4v) is 3.67. The van der Waals surface area contributed by atoms with Crippen molar-refractivity contribution in [2.45, 2.75) is 37.6 Å². The first-order valence-corrected chi connectivity index (χ1v) is 7.10. The van der Waals surface area contributed by atoms with Crippen molar-refractivity contribution >= 4 is 10.0 Å². The molecule has 1 unspecified atom stereocenters. The van der Waals surface area contributed by atoms with Gasteiger partial charge in [-0.1, -0.05) is 0 Å². The zero-order valence-corrected chi connectivity index (χ0v) is 10.8. The summed E-state index contributed by atoms with van der Waals surface area (Å²) < 4.78 is 32.3. The van der Waals surface area contributed by atoms with E-state index in [1.165, 1.54) is 0 Å². The van der Waals surface area contributed by atoms with E-state index in [9.17, 15) is 8.42 Å². The van der Waals surface area contributed by atoms with Gasteiger partial charge in [0.05, 0.1) is 18.0 Å². The molecule has 0 saturated carbocycles. The molecular weight excluding hydrogens is 242 g/mol. The SMILES string of the molecule is Cc1n[nH]c(C)c1S(=O)(=O)NC1CCCOC1. The van der Waals surface area contributed by atoms with E-state index in [0.717, 1.165) is 12.8 Å². The van der Waals surface area contributed by atoms with Crippen molar-refractivity contribution in [1.82, 2.24) is 14.9 Å². The Labute approximate surface area is 101 Å². The zero-order valence-electron chi connectivity index (χ0n) is 9.99. The number of nitrogens with one attached hydrogen (secondary N) is 2. The molecule has 2 N–H and O–H groups in total. The summed E-state index contributed by atoms with van der Waals surface area (Å²) >= 11 is 0. The van der Waals surface area contributed by atoms with E-state index in [-0.39, 0.29) is 10.9 Å². The van der Waals surface area contributed by atoms with Crippen molar-refractivity contribution in [2.75, 3.05) is 13.2 Å². The minimum Gasteiger partial charge on any atom is -0.380 e. The molecule has 0 aromatic carbocycles. The molecule has 2 rings (SSSR count). The van der Waals surface area contributed by atoms with E-state index in [2.05, 4.69) is 14.9 Å². The quantitative estimate of drug-likeness (QED) is 0.827. The second-order valence-corrected chi connectivity index (χ2v) is 5.95. The molecule has 1 aromatic heterocycles. The molecule has 0 spiro atoms. The number of aryl methyl sites for hydroxylation is 2. The van der Waals surface area contributed by atoms with Gasteiger partial charge in [0.25, 0.3) is 0 Å². The molecule has 1 atom stereocenters. The Kier molecular flexibility index (Phi) is 3.50. The highest BCUT2D eigenvalue weighted by Gasteiger charge is 2.26. The second-order valence-electron chi connectivity index (χ2n) is 4.30. The lowest BCUT2D eigenvalue weighted by Crippen LogP contribution is -2.40. The molecule has 1 fully saturated rings. The minimum absolute atomic E-state index is 0.137. The van der Waals surface area contributed by atoms with Crippen molar-refractivity contribution in [3.8, 4) is 0 Å². The molecule has 0 bridgehead atoms. The lowest BCUT2D eigenvalue weighted by Gasteiger charge is -2.22. The highest BCUT2D eigenvalue weighted by atomic mass is 32.2. The third kappa shape index (κ3) is 2.67. The van der Waals surface area contributed by atoms with Crippen LogP contribution in [0.3, 0.4) is 0 Å². The lowest BCUT2D eigenvalue weighted by atomic mass is 10.1. The van der Waals surface area contributed by atoms with Crippen LogP contribution in [0, 0.1) is 13.8 Å². The Balaban J connectivity index is 2.19. The number of hydrogen-bond donors (Lipinski definition) is 2. The van der Waals surface area contributed by atoms with Gasteiger partial charge in [0, 0.05) is 12.6 Å². The van der Waals surface area contributed by atoms with Crippen molar-refractivity contribution in [3.05, 3.63) is 11.4 Å². The lowest BCUT2D eigenvalue weighted by molar-refractivity contribution is 0.0774. The monoisotopic (exact) mass is 259 g/mol. The number of hydrogen-bond acceptors (Lipinski definition) is 4. The first-order valence-electron chi connectivity index (χ1n) is 5.62. The van der Waals surface area contributed by atoms with Gasteiger partial charge < -0.3 is 4.74 Å². The van der Waals surface area contributed by atoms with Crippen LogP contribution in [0.15, 0.2) is 4.90 Å². The summed E-state index contributed by atoms with van der Waals surface area (Å²) in [5.74, 6) is 0. The van der Waals surface area contributed by atoms with E-state index in [0.29, 0.717) is 24.6 Å². The van der Waals surface area contributed by atoms with Crippen LogP contribution in [0.25, 0.3) is 0 Å². The van der Waals surface area contributed by atoms with E-state index in [1.54, 1.807) is 13.8 Å². The molecule has 0 amide bonds. The molecule has 6 nitrogen and oxygen atoms in total. The third-order valence-electron chi connectivity index (χ3n) is 2.81. The Hall–Kier alpha value is -0.920. The Morgan fingerprint density at radius 1 is 1.47 bits per heavy atom. The fourth-order valence-electron chi connectivity index (χ4n) is 2.05. The summed E-state index contributed by atoms with van der Waals surface area (Å²) in [4.78, 5) is 0.253. The maximum absolute atomic E-state index is 12.2. The number of aromatic amines is 1. The molecule has 2 heterocycles. The van der Waals surface area contributed by atoms with Gasteiger partial charge in [-0.25, -0.2) is 13.1 Å². The molecule has 96 valence electrons. The predicted molar refractivity (Wildman–Crippen MR) is 62.2 cm³/mol. The standard InChI is InChI=1S/C10H17N3O3S/c1-7-10(8(2)12-11-7)17(14,15)13-9-4-3-5-16-6-9/h9,13H,3-6H2,1-2H3,(H,11,12). The van der Waals surface area contributed by atoms with Gasteiger partial charge in [0.15, 0.2) is 0 Å². The molecule has 0 radical (unpaired) electrons. The van der Waals surface area contributed by atoms with Crippen molar-refractivity contribution in [3.63, 3.8) is 0 Å². The number of nitrogens with zero attached hydrogens (tertiary/aromatic N) is 1. The fraction of sp³-hybridized carbons (Fsp3) is 0.700. The maximum Gasteiger partial charge on any atom is 0.244 e. The first-order chi connectivity index (χ1) is 8.00. The van der Waals surface area contributed by atoms with Gasteiger partial charge in [-0.3, -0.25) is 5.10 Å². The molecule has 1 aliphatic heterocycles. The molecule has 0 aliphatic carbocycles. The van der Waals surface area contributed by atoms with Crippen molar-refractivity contribution in [2.24, 2.45) is 0 Å². The van der Waals surface area contributed by atoms with Crippen LogP contribution in [0.4, 0.5) is 0 Å². The Bertz CT molecular complexity index is 469. The number of aromatic nitrogens is 2. The molecule has 1 aliphatic rings. The van der Waals surface area contributed by atoms with Crippen LogP contribution in [0.5, 0.6) is 0 Å². The average molecular weight is 259 g/mol. The highest BCUT2D eigenvalue weighted by Crippen LogP contribution is 2.18. The number of sulfonamides is 1. The summed E-state index contributed by atoms with van der Waals surface area (Å²) in [6, 6.07) is -0.137. The topological polar surface area (TPSA) is 84.1 Å². The molecule has 17 heavy (non-hydrogen) atoms. The number of rotatable bonds is 3. The van der Waals surface area contributed by atoms with Crippen molar-refractivity contribution < 1.29 is 13.2 Å². The van der Waals surface area contributed by atoms with E-state index >= 15 is 0 Å². The van der Waals surface area contributed by atoms with E-state index < -0.39 is 10.0 Å². The summed E-state index contributed by atoms with van der Waals surface area (Å²) in [6.45, 7) is 4.53. The van der Waals surface area contributed by atoms with Gasteiger partial charge in [-0.15, -0.1) is 0 Å². The van der Waals surface area contributed by atoms with Gasteiger partial charge in [0.2, 0.25) is 10.0 Å². The van der Waals surface area contributed by atoms with Gasteiger partial charge in [-0.2, -0.15) is 5.10 Å². The molecule has 7 heteroatoms. The maximum atomic E-state index is 12.2. The molecule has 1 saturated heterocycles. The third-order valence-corrected chi connectivity index (χ3v) is 4.59. The number of ether oxygens (including phenoxy) is 1. The van der Waals surface area contributed by atoms with Gasteiger partial charge in [-0.05, 0) is 26.7 Å². The normalized spacial score (nSPS) is 21.6.